The van der Waals surface area contributed by atoms with Crippen molar-refractivity contribution in [2.75, 3.05) is 87.9 Å². The minimum Gasteiger partial charge on any atom is -0.497 e. The van der Waals surface area contributed by atoms with E-state index in [1.807, 2.05) is 54.9 Å². The summed E-state index contributed by atoms with van der Waals surface area (Å²) in [5.41, 5.74) is 6.63. The van der Waals surface area contributed by atoms with Gasteiger partial charge in [-0.05, 0) is 59.5 Å². The first-order valence-corrected chi connectivity index (χ1v) is 19.5. The van der Waals surface area contributed by atoms with Crippen LogP contribution in [0.4, 0.5) is 28.2 Å². The first-order valence-electron chi connectivity index (χ1n) is 19.5. The minimum atomic E-state index is -0.952. The predicted molar refractivity (Wildman–Crippen MR) is 219 cm³/mol. The van der Waals surface area contributed by atoms with E-state index < -0.39 is 6.09 Å². The van der Waals surface area contributed by atoms with E-state index in [-0.39, 0.29) is 12.3 Å². The maximum atomic E-state index is 13.3. The van der Waals surface area contributed by atoms with Crippen molar-refractivity contribution in [3.05, 3.63) is 107 Å². The molecule has 3 aliphatic rings. The van der Waals surface area contributed by atoms with Crippen molar-refractivity contribution in [2.45, 2.75) is 25.9 Å². The van der Waals surface area contributed by atoms with Crippen LogP contribution in [0, 0.1) is 0 Å². The average Bonchev–Trinajstić information content (AvgIpc) is 3.71. The standard InChI is InChI=1S/C43H47N9O6/c1-56-35-10-6-30(7-11-35)28-51(29-31-8-12-36(57-2)13-9-31)41-44-26-33(27-45-41)39-37-14-15-52(40(37)47-42(46-39)49-20-22-58-23-21-49)34-5-3-4-32(24-34)25-38(53)48-16-18-50(19-17-48)43(54)55/h3-13,24,26-27H,14-23,25,28-29H2,1-2H3,(H,54,55). The molecule has 2 amide bonds. The van der Waals surface area contributed by atoms with Crippen LogP contribution in [0.15, 0.2) is 85.2 Å². The zero-order chi connectivity index (χ0) is 40.0. The maximum absolute atomic E-state index is 13.3. The highest BCUT2D eigenvalue weighted by molar-refractivity contribution is 5.81. The molecule has 15 heteroatoms. The van der Waals surface area contributed by atoms with Gasteiger partial charge < -0.3 is 43.8 Å². The summed E-state index contributed by atoms with van der Waals surface area (Å²) >= 11 is 0. The summed E-state index contributed by atoms with van der Waals surface area (Å²) in [4.78, 5) is 54.4. The van der Waals surface area contributed by atoms with Crippen LogP contribution >= 0.6 is 0 Å². The van der Waals surface area contributed by atoms with E-state index in [4.69, 9.17) is 34.1 Å². The van der Waals surface area contributed by atoms with Crippen LogP contribution in [0.1, 0.15) is 22.3 Å². The summed E-state index contributed by atoms with van der Waals surface area (Å²) in [7, 11) is 3.32. The van der Waals surface area contributed by atoms with E-state index in [9.17, 15) is 14.7 Å². The van der Waals surface area contributed by atoms with Gasteiger partial charge in [0.1, 0.15) is 17.3 Å². The van der Waals surface area contributed by atoms with E-state index >= 15 is 0 Å². The maximum Gasteiger partial charge on any atom is 0.407 e. The quantitative estimate of drug-likeness (QED) is 0.180. The predicted octanol–water partition coefficient (Wildman–Crippen LogP) is 5.05. The molecule has 8 rings (SSSR count). The second kappa shape index (κ2) is 17.3. The largest absolute Gasteiger partial charge is 0.497 e. The third-order valence-electron chi connectivity index (χ3n) is 10.8. The summed E-state index contributed by atoms with van der Waals surface area (Å²) in [6.45, 7) is 5.82. The minimum absolute atomic E-state index is 0.0155. The number of carboxylic acid groups (broad SMARTS) is 1. The van der Waals surface area contributed by atoms with Crippen LogP contribution < -0.4 is 24.2 Å². The zero-order valence-corrected chi connectivity index (χ0v) is 32.8. The van der Waals surface area contributed by atoms with E-state index in [2.05, 4.69) is 45.0 Å². The van der Waals surface area contributed by atoms with E-state index in [0.29, 0.717) is 90.4 Å². The van der Waals surface area contributed by atoms with Crippen LogP contribution in [0.3, 0.4) is 0 Å². The number of hydrogen-bond acceptors (Lipinski definition) is 12. The number of morpholine rings is 1. The summed E-state index contributed by atoms with van der Waals surface area (Å²) in [6, 6.07) is 24.1. The summed E-state index contributed by atoms with van der Waals surface area (Å²) < 4.78 is 16.4. The Hall–Kier alpha value is -6.48. The first-order chi connectivity index (χ1) is 28.3. The molecule has 0 unspecified atom stereocenters. The molecule has 58 heavy (non-hydrogen) atoms. The molecule has 300 valence electrons. The van der Waals surface area contributed by atoms with Crippen molar-refractivity contribution in [3.8, 4) is 22.8 Å². The number of nitrogens with zero attached hydrogens (tertiary/aromatic N) is 9. The molecule has 3 aliphatic heterocycles. The topological polar surface area (TPSA) is 150 Å². The summed E-state index contributed by atoms with van der Waals surface area (Å²) in [6.07, 6.45) is 3.70. The van der Waals surface area contributed by atoms with Crippen molar-refractivity contribution >= 4 is 35.4 Å². The fourth-order valence-corrected chi connectivity index (χ4v) is 7.61. The highest BCUT2D eigenvalue weighted by atomic mass is 16.5. The van der Waals surface area contributed by atoms with Gasteiger partial charge in [0, 0.05) is 88.1 Å². The van der Waals surface area contributed by atoms with Crippen LogP contribution in [0.5, 0.6) is 11.5 Å². The van der Waals surface area contributed by atoms with Crippen molar-refractivity contribution < 1.29 is 28.9 Å². The molecule has 0 aliphatic carbocycles. The average molecular weight is 786 g/mol. The van der Waals surface area contributed by atoms with Gasteiger partial charge in [0.15, 0.2) is 0 Å². The van der Waals surface area contributed by atoms with Gasteiger partial charge in [0.2, 0.25) is 17.8 Å². The Kier molecular flexibility index (Phi) is 11.5. The molecule has 3 aromatic carbocycles. The Labute approximate surface area is 337 Å². The Morgan fingerprint density at radius 2 is 1.38 bits per heavy atom. The number of amides is 2. The molecule has 2 saturated heterocycles. The third kappa shape index (κ3) is 8.59. The smallest absolute Gasteiger partial charge is 0.407 e. The van der Waals surface area contributed by atoms with E-state index in [0.717, 1.165) is 56.5 Å². The molecule has 0 saturated carbocycles. The lowest BCUT2D eigenvalue weighted by Crippen LogP contribution is -2.50. The van der Waals surface area contributed by atoms with Crippen LogP contribution in [0.2, 0.25) is 0 Å². The summed E-state index contributed by atoms with van der Waals surface area (Å²) in [5.74, 6) is 3.62. The van der Waals surface area contributed by atoms with Gasteiger partial charge >= 0.3 is 6.09 Å². The molecule has 5 heterocycles. The molecule has 1 N–H and O–H groups in total. The SMILES string of the molecule is COc1ccc(CN(Cc2ccc(OC)cc2)c2ncc(-c3nc(N4CCOCC4)nc4c3CCN4c3cccc(CC(=O)N4CCN(C(=O)O)CC4)c3)cn2)cc1. The molecule has 0 radical (unpaired) electrons. The van der Waals surface area contributed by atoms with E-state index in [1.165, 1.54) is 4.90 Å². The Balaban J connectivity index is 1.07. The van der Waals surface area contributed by atoms with Gasteiger partial charge in [-0.25, -0.2) is 19.7 Å². The Morgan fingerprint density at radius 3 is 1.98 bits per heavy atom. The lowest BCUT2D eigenvalue weighted by atomic mass is 10.1. The number of methoxy groups -OCH3 is 2. The Morgan fingerprint density at radius 1 is 0.759 bits per heavy atom. The lowest BCUT2D eigenvalue weighted by Gasteiger charge is -2.33. The van der Waals surface area contributed by atoms with Gasteiger partial charge in [-0.2, -0.15) is 4.98 Å². The molecule has 15 nitrogen and oxygen atoms in total. The van der Waals surface area contributed by atoms with Crippen LogP contribution in [-0.4, -0.2) is 120 Å². The number of rotatable bonds is 12. The van der Waals surface area contributed by atoms with Gasteiger partial charge in [0.25, 0.3) is 0 Å². The first kappa shape index (κ1) is 38.4. The van der Waals surface area contributed by atoms with Gasteiger partial charge in [-0.15, -0.1) is 0 Å². The number of aromatic nitrogens is 4. The fraction of sp³-hybridized carbons (Fsp3) is 0.349. The number of carbonyl (C=O) groups is 2. The number of piperazine rings is 1. The molecule has 5 aromatic rings. The summed E-state index contributed by atoms with van der Waals surface area (Å²) in [5, 5.41) is 9.31. The monoisotopic (exact) mass is 785 g/mol. The zero-order valence-electron chi connectivity index (χ0n) is 32.8. The number of carbonyl (C=O) groups excluding carboxylic acids is 1. The molecule has 2 aromatic heterocycles. The van der Waals surface area contributed by atoms with Crippen molar-refractivity contribution in [2.24, 2.45) is 0 Å². The van der Waals surface area contributed by atoms with Crippen molar-refractivity contribution in [1.82, 2.24) is 29.7 Å². The second-order valence-electron chi connectivity index (χ2n) is 14.5. The fourth-order valence-electron chi connectivity index (χ4n) is 7.61. The number of fused-ring (bicyclic) bond motifs is 1. The number of anilines is 4. The molecule has 0 atom stereocenters. The van der Waals surface area contributed by atoms with Gasteiger partial charge in [0.05, 0.1) is 39.5 Å². The normalized spacial score (nSPS) is 15.3. The highest BCUT2D eigenvalue weighted by Crippen LogP contribution is 2.39. The van der Waals surface area contributed by atoms with Gasteiger partial charge in [-0.1, -0.05) is 36.4 Å². The third-order valence-corrected chi connectivity index (χ3v) is 10.8. The molecular weight excluding hydrogens is 739 g/mol. The van der Waals surface area contributed by atoms with Crippen LogP contribution in [-0.2, 0) is 35.5 Å². The van der Waals surface area contributed by atoms with Crippen molar-refractivity contribution in [1.29, 1.82) is 0 Å². The Bertz CT molecular complexity index is 2160. The molecular formula is C43H47N9O6. The van der Waals surface area contributed by atoms with Crippen LogP contribution in [0.25, 0.3) is 11.3 Å². The number of hydrogen-bond donors (Lipinski definition) is 1. The van der Waals surface area contributed by atoms with Gasteiger partial charge in [-0.3, -0.25) is 4.79 Å². The lowest BCUT2D eigenvalue weighted by molar-refractivity contribution is -0.132. The second-order valence-corrected chi connectivity index (χ2v) is 14.5. The van der Waals surface area contributed by atoms with E-state index in [1.54, 1.807) is 19.1 Å². The highest BCUT2D eigenvalue weighted by Gasteiger charge is 2.30. The molecule has 0 spiro atoms. The number of ether oxygens (including phenoxy) is 3. The molecule has 2 fully saturated rings. The van der Waals surface area contributed by atoms with Crippen molar-refractivity contribution in [3.63, 3.8) is 0 Å². The molecule has 0 bridgehead atoms. The number of benzene rings is 3.